The zero-order valence-corrected chi connectivity index (χ0v) is 16.4. The maximum absolute atomic E-state index is 12.5. The van der Waals surface area contributed by atoms with Gasteiger partial charge in [0.25, 0.3) is 5.91 Å². The van der Waals surface area contributed by atoms with Crippen molar-refractivity contribution in [1.82, 2.24) is 15.6 Å². The van der Waals surface area contributed by atoms with Gasteiger partial charge in [-0.05, 0) is 50.2 Å². The number of amides is 1. The highest BCUT2D eigenvalue weighted by Gasteiger charge is 2.16. The number of phenols is 1. The van der Waals surface area contributed by atoms with E-state index in [0.717, 1.165) is 11.3 Å². The van der Waals surface area contributed by atoms with Gasteiger partial charge in [0.2, 0.25) is 0 Å². The largest absolute Gasteiger partial charge is 0.504 e. The molecule has 3 aromatic rings. The van der Waals surface area contributed by atoms with Crippen molar-refractivity contribution >= 4 is 12.1 Å². The van der Waals surface area contributed by atoms with Crippen LogP contribution in [0.3, 0.4) is 0 Å². The number of hydrazone groups is 1. The number of carbonyl (C=O) groups is 1. The zero-order chi connectivity index (χ0) is 20.8. The summed E-state index contributed by atoms with van der Waals surface area (Å²) in [7, 11) is 1.60. The van der Waals surface area contributed by atoms with Crippen molar-refractivity contribution in [2.75, 3.05) is 13.7 Å². The number of rotatable bonds is 7. The fourth-order valence-electron chi connectivity index (χ4n) is 2.78. The van der Waals surface area contributed by atoms with E-state index in [9.17, 15) is 9.90 Å². The fourth-order valence-corrected chi connectivity index (χ4v) is 2.78. The average molecular weight is 394 g/mol. The van der Waals surface area contributed by atoms with Gasteiger partial charge in [0, 0.05) is 16.7 Å². The van der Waals surface area contributed by atoms with E-state index in [4.69, 9.17) is 9.47 Å². The van der Waals surface area contributed by atoms with Gasteiger partial charge in [0.15, 0.2) is 11.5 Å². The SMILES string of the molecule is CCOc1cccc(C=NNC(=O)c2[nH]nc(-c3ccc(OC)cc3)c2C)c1O. The summed E-state index contributed by atoms with van der Waals surface area (Å²) in [5.74, 6) is 0.626. The number of carbonyl (C=O) groups excluding carboxylic acids is 1. The smallest absolute Gasteiger partial charge is 0.289 e. The van der Waals surface area contributed by atoms with Crippen LogP contribution in [0.15, 0.2) is 47.6 Å². The maximum atomic E-state index is 12.5. The van der Waals surface area contributed by atoms with Gasteiger partial charge in [0.05, 0.1) is 25.6 Å². The summed E-state index contributed by atoms with van der Waals surface area (Å²) in [6, 6.07) is 12.5. The number of aromatic amines is 1. The van der Waals surface area contributed by atoms with Crippen LogP contribution in [0.2, 0.25) is 0 Å². The number of nitrogens with one attached hydrogen (secondary N) is 2. The molecule has 3 rings (SSSR count). The lowest BCUT2D eigenvalue weighted by Gasteiger charge is -2.07. The molecule has 150 valence electrons. The zero-order valence-electron chi connectivity index (χ0n) is 16.4. The van der Waals surface area contributed by atoms with E-state index in [1.165, 1.54) is 6.21 Å². The second-order valence-corrected chi connectivity index (χ2v) is 6.13. The first kappa shape index (κ1) is 19.9. The minimum absolute atomic E-state index is 0.0353. The molecule has 0 saturated heterocycles. The van der Waals surface area contributed by atoms with Gasteiger partial charge in [0.1, 0.15) is 11.4 Å². The third-order valence-corrected chi connectivity index (χ3v) is 4.30. The third kappa shape index (κ3) is 4.37. The number of phenolic OH excluding ortho intramolecular Hbond substituents is 1. The van der Waals surface area contributed by atoms with E-state index in [0.29, 0.717) is 34.9 Å². The number of hydrogen-bond acceptors (Lipinski definition) is 6. The first-order valence-corrected chi connectivity index (χ1v) is 9.02. The van der Waals surface area contributed by atoms with Crippen LogP contribution in [0.4, 0.5) is 0 Å². The van der Waals surface area contributed by atoms with Crippen LogP contribution in [0.5, 0.6) is 17.2 Å². The summed E-state index contributed by atoms with van der Waals surface area (Å²) < 4.78 is 10.5. The van der Waals surface area contributed by atoms with Crippen molar-refractivity contribution < 1.29 is 19.4 Å². The van der Waals surface area contributed by atoms with Crippen molar-refractivity contribution in [3.8, 4) is 28.5 Å². The van der Waals surface area contributed by atoms with Gasteiger partial charge in [-0.3, -0.25) is 9.89 Å². The Morgan fingerprint density at radius 3 is 2.72 bits per heavy atom. The Labute approximate surface area is 168 Å². The molecule has 0 bridgehead atoms. The van der Waals surface area contributed by atoms with Gasteiger partial charge >= 0.3 is 0 Å². The number of nitrogens with zero attached hydrogens (tertiary/aromatic N) is 2. The highest BCUT2D eigenvalue weighted by Crippen LogP contribution is 2.28. The predicted molar refractivity (Wildman–Crippen MR) is 110 cm³/mol. The van der Waals surface area contributed by atoms with E-state index < -0.39 is 5.91 Å². The second-order valence-electron chi connectivity index (χ2n) is 6.13. The lowest BCUT2D eigenvalue weighted by Crippen LogP contribution is -2.19. The summed E-state index contributed by atoms with van der Waals surface area (Å²) in [6.45, 7) is 4.06. The molecule has 0 atom stereocenters. The van der Waals surface area contributed by atoms with Crippen molar-refractivity contribution in [3.63, 3.8) is 0 Å². The number of methoxy groups -OCH3 is 1. The molecule has 0 aliphatic heterocycles. The molecule has 0 saturated carbocycles. The number of aromatic nitrogens is 2. The lowest BCUT2D eigenvalue weighted by atomic mass is 10.1. The Kier molecular flexibility index (Phi) is 6.13. The van der Waals surface area contributed by atoms with Crippen LogP contribution in [-0.2, 0) is 0 Å². The number of benzene rings is 2. The van der Waals surface area contributed by atoms with Gasteiger partial charge in [-0.2, -0.15) is 10.2 Å². The van der Waals surface area contributed by atoms with Crippen molar-refractivity contribution in [2.24, 2.45) is 5.10 Å². The molecular weight excluding hydrogens is 372 g/mol. The van der Waals surface area contributed by atoms with E-state index >= 15 is 0 Å². The number of aromatic hydroxyl groups is 1. The van der Waals surface area contributed by atoms with Crippen molar-refractivity contribution in [2.45, 2.75) is 13.8 Å². The van der Waals surface area contributed by atoms with E-state index in [-0.39, 0.29) is 5.75 Å². The molecular formula is C21H22N4O4. The molecule has 1 amide bonds. The second kappa shape index (κ2) is 8.92. The van der Waals surface area contributed by atoms with Gasteiger partial charge in [-0.1, -0.05) is 6.07 Å². The maximum Gasteiger partial charge on any atom is 0.289 e. The summed E-state index contributed by atoms with van der Waals surface area (Å²) in [5.41, 5.74) is 5.40. The average Bonchev–Trinajstić information content (AvgIpc) is 3.12. The fraction of sp³-hybridized carbons (Fsp3) is 0.190. The van der Waals surface area contributed by atoms with E-state index in [1.54, 1.807) is 32.2 Å². The molecule has 0 aliphatic carbocycles. The summed E-state index contributed by atoms with van der Waals surface area (Å²) >= 11 is 0. The quantitative estimate of drug-likeness (QED) is 0.421. The van der Waals surface area contributed by atoms with E-state index in [1.807, 2.05) is 31.2 Å². The molecule has 0 spiro atoms. The molecule has 29 heavy (non-hydrogen) atoms. The van der Waals surface area contributed by atoms with Crippen molar-refractivity contribution in [3.05, 3.63) is 59.3 Å². The predicted octanol–water partition coefficient (Wildman–Crippen LogP) is 3.26. The number of para-hydroxylation sites is 1. The van der Waals surface area contributed by atoms with E-state index in [2.05, 4.69) is 20.7 Å². The minimum atomic E-state index is -0.438. The van der Waals surface area contributed by atoms with Crippen LogP contribution in [0, 0.1) is 6.92 Å². The van der Waals surface area contributed by atoms with Crippen LogP contribution in [0.1, 0.15) is 28.5 Å². The summed E-state index contributed by atoms with van der Waals surface area (Å²) in [6.07, 6.45) is 1.35. The molecule has 0 fully saturated rings. The van der Waals surface area contributed by atoms with Crippen LogP contribution < -0.4 is 14.9 Å². The Morgan fingerprint density at radius 2 is 2.03 bits per heavy atom. The highest BCUT2D eigenvalue weighted by atomic mass is 16.5. The molecule has 2 aromatic carbocycles. The van der Waals surface area contributed by atoms with Crippen molar-refractivity contribution in [1.29, 1.82) is 0 Å². The first-order chi connectivity index (χ1) is 14.0. The molecule has 3 N–H and O–H groups in total. The number of hydrogen-bond donors (Lipinski definition) is 3. The topological polar surface area (TPSA) is 109 Å². The van der Waals surface area contributed by atoms with Gasteiger partial charge < -0.3 is 14.6 Å². The lowest BCUT2D eigenvalue weighted by molar-refractivity contribution is 0.0949. The van der Waals surface area contributed by atoms with Crippen LogP contribution in [-0.4, -0.2) is 41.1 Å². The standard InChI is InChI=1S/C21H22N4O4/c1-4-29-17-7-5-6-15(20(17)26)12-22-25-21(27)19-13(2)18(23-24-19)14-8-10-16(28-3)11-9-14/h5-12,26H,4H2,1-3H3,(H,23,24)(H,25,27). The first-order valence-electron chi connectivity index (χ1n) is 9.02. The van der Waals surface area contributed by atoms with Crippen LogP contribution >= 0.6 is 0 Å². The summed E-state index contributed by atoms with van der Waals surface area (Å²) in [4.78, 5) is 12.5. The minimum Gasteiger partial charge on any atom is -0.504 e. The van der Waals surface area contributed by atoms with Crippen LogP contribution in [0.25, 0.3) is 11.3 Å². The third-order valence-electron chi connectivity index (χ3n) is 4.30. The monoisotopic (exact) mass is 394 g/mol. The number of ether oxygens (including phenoxy) is 2. The summed E-state index contributed by atoms with van der Waals surface area (Å²) in [5, 5.41) is 21.1. The normalized spacial score (nSPS) is 10.9. The number of H-pyrrole nitrogens is 1. The Morgan fingerprint density at radius 1 is 1.28 bits per heavy atom. The molecule has 1 aromatic heterocycles. The Balaban J connectivity index is 1.72. The highest BCUT2D eigenvalue weighted by molar-refractivity contribution is 5.96. The molecule has 8 heteroatoms. The molecule has 0 radical (unpaired) electrons. The molecule has 0 aliphatic rings. The Hall–Kier alpha value is -3.81. The molecule has 1 heterocycles. The molecule has 0 unspecified atom stereocenters. The molecule has 8 nitrogen and oxygen atoms in total. The van der Waals surface area contributed by atoms with Gasteiger partial charge in [-0.15, -0.1) is 0 Å². The Bertz CT molecular complexity index is 1030. The van der Waals surface area contributed by atoms with Gasteiger partial charge in [-0.25, -0.2) is 5.43 Å².